The highest BCUT2D eigenvalue weighted by atomic mass is 16.4. The summed E-state index contributed by atoms with van der Waals surface area (Å²) < 4.78 is 0. The number of carbonyl (C=O) groups excluding carboxylic acids is 1. The van der Waals surface area contributed by atoms with Gasteiger partial charge in [0.2, 0.25) is 5.91 Å². The molecule has 13 heavy (non-hydrogen) atoms. The first kappa shape index (κ1) is 11.9. The average molecular weight is 188 g/mol. The third-order valence-corrected chi connectivity index (χ3v) is 1.69. The van der Waals surface area contributed by atoms with Crippen molar-refractivity contribution in [1.29, 1.82) is 0 Å². The topological polar surface area (TPSA) is 92.4 Å². The van der Waals surface area contributed by atoms with Gasteiger partial charge in [0.15, 0.2) is 0 Å². The summed E-state index contributed by atoms with van der Waals surface area (Å²) in [7, 11) is 0. The van der Waals surface area contributed by atoms with Gasteiger partial charge in [0.1, 0.15) is 0 Å². The molecular formula is C8H16N2O3. The van der Waals surface area contributed by atoms with Crippen LogP contribution in [0.1, 0.15) is 26.2 Å². The molecular weight excluding hydrogens is 172 g/mol. The predicted molar refractivity (Wildman–Crippen MR) is 48.1 cm³/mol. The standard InChI is InChI=1S/C8H16N2O3/c1-6(8(9)13)10-5-3-2-4-7(11)12/h6,10H,2-5H2,1H3,(H2,9,13)(H,11,12). The third-order valence-electron chi connectivity index (χ3n) is 1.69. The first-order valence-corrected chi connectivity index (χ1v) is 4.28. The molecule has 5 nitrogen and oxygen atoms in total. The fourth-order valence-corrected chi connectivity index (χ4v) is 0.820. The van der Waals surface area contributed by atoms with Crippen LogP contribution >= 0.6 is 0 Å². The maximum atomic E-state index is 10.5. The van der Waals surface area contributed by atoms with Crippen molar-refractivity contribution in [3.05, 3.63) is 0 Å². The molecule has 5 heteroatoms. The van der Waals surface area contributed by atoms with Crippen LogP contribution in [0, 0.1) is 0 Å². The summed E-state index contributed by atoms with van der Waals surface area (Å²) in [4.78, 5) is 20.6. The molecule has 4 N–H and O–H groups in total. The Hall–Kier alpha value is -1.10. The molecule has 1 atom stereocenters. The van der Waals surface area contributed by atoms with Crippen LogP contribution in [0.15, 0.2) is 0 Å². The molecule has 0 heterocycles. The molecule has 0 saturated carbocycles. The van der Waals surface area contributed by atoms with Gasteiger partial charge in [-0.05, 0) is 26.3 Å². The Balaban J connectivity index is 3.26. The molecule has 0 aromatic rings. The molecule has 0 aliphatic rings. The Labute approximate surface area is 77.3 Å². The van der Waals surface area contributed by atoms with E-state index in [9.17, 15) is 9.59 Å². The van der Waals surface area contributed by atoms with Gasteiger partial charge in [-0.25, -0.2) is 0 Å². The zero-order valence-electron chi connectivity index (χ0n) is 7.75. The van der Waals surface area contributed by atoms with Gasteiger partial charge in [0.05, 0.1) is 6.04 Å². The van der Waals surface area contributed by atoms with Gasteiger partial charge in [-0.3, -0.25) is 9.59 Å². The summed E-state index contributed by atoms with van der Waals surface area (Å²) in [6.45, 7) is 2.30. The predicted octanol–water partition coefficient (Wildman–Crippen LogP) is -0.295. The molecule has 0 bridgehead atoms. The van der Waals surface area contributed by atoms with E-state index in [1.807, 2.05) is 0 Å². The molecule has 0 fully saturated rings. The third kappa shape index (κ3) is 7.27. The fraction of sp³-hybridized carbons (Fsp3) is 0.750. The van der Waals surface area contributed by atoms with Crippen LogP contribution in [0.25, 0.3) is 0 Å². The summed E-state index contributed by atoms with van der Waals surface area (Å²) in [6.07, 6.45) is 1.53. The molecule has 0 aliphatic carbocycles. The van der Waals surface area contributed by atoms with Crippen molar-refractivity contribution in [1.82, 2.24) is 5.32 Å². The molecule has 0 radical (unpaired) electrons. The zero-order valence-corrected chi connectivity index (χ0v) is 7.75. The second-order valence-electron chi connectivity index (χ2n) is 2.93. The highest BCUT2D eigenvalue weighted by Crippen LogP contribution is 1.93. The minimum atomic E-state index is -0.789. The second kappa shape index (κ2) is 6.42. The van der Waals surface area contributed by atoms with Gasteiger partial charge in [-0.15, -0.1) is 0 Å². The lowest BCUT2D eigenvalue weighted by molar-refractivity contribution is -0.137. The Kier molecular flexibility index (Phi) is 5.88. The monoisotopic (exact) mass is 188 g/mol. The number of aliphatic carboxylic acids is 1. The summed E-state index contributed by atoms with van der Waals surface area (Å²) in [5.74, 6) is -1.18. The number of rotatable bonds is 7. The van der Waals surface area contributed by atoms with E-state index in [0.717, 1.165) is 6.42 Å². The largest absolute Gasteiger partial charge is 0.481 e. The molecule has 0 saturated heterocycles. The van der Waals surface area contributed by atoms with Crippen LogP contribution in [-0.2, 0) is 9.59 Å². The van der Waals surface area contributed by atoms with Gasteiger partial charge >= 0.3 is 5.97 Å². The highest BCUT2D eigenvalue weighted by molar-refractivity contribution is 5.79. The lowest BCUT2D eigenvalue weighted by Gasteiger charge is -2.08. The van der Waals surface area contributed by atoms with E-state index < -0.39 is 11.9 Å². The Bertz CT molecular complexity index is 182. The van der Waals surface area contributed by atoms with E-state index >= 15 is 0 Å². The number of unbranched alkanes of at least 4 members (excludes halogenated alkanes) is 1. The van der Waals surface area contributed by atoms with Crippen molar-refractivity contribution in [3.63, 3.8) is 0 Å². The first-order valence-electron chi connectivity index (χ1n) is 4.28. The molecule has 76 valence electrons. The molecule has 0 aromatic carbocycles. The van der Waals surface area contributed by atoms with Gasteiger partial charge in [-0.1, -0.05) is 0 Å². The van der Waals surface area contributed by atoms with Crippen LogP contribution in [0.5, 0.6) is 0 Å². The Morgan fingerprint density at radius 2 is 2.08 bits per heavy atom. The van der Waals surface area contributed by atoms with Crippen LogP contribution in [0.3, 0.4) is 0 Å². The number of hydrogen-bond donors (Lipinski definition) is 3. The number of nitrogens with two attached hydrogens (primary N) is 1. The summed E-state index contributed by atoms with van der Waals surface area (Å²) in [6, 6.07) is -0.343. The molecule has 0 rings (SSSR count). The molecule has 0 aromatic heterocycles. The van der Waals surface area contributed by atoms with E-state index in [1.165, 1.54) is 0 Å². The lowest BCUT2D eigenvalue weighted by atomic mass is 10.2. The van der Waals surface area contributed by atoms with Gasteiger partial charge < -0.3 is 16.2 Å². The second-order valence-corrected chi connectivity index (χ2v) is 2.93. The van der Waals surface area contributed by atoms with Crippen LogP contribution < -0.4 is 11.1 Å². The van der Waals surface area contributed by atoms with Gasteiger partial charge in [-0.2, -0.15) is 0 Å². The van der Waals surface area contributed by atoms with Gasteiger partial charge in [0, 0.05) is 6.42 Å². The highest BCUT2D eigenvalue weighted by Gasteiger charge is 2.05. The number of primary amides is 1. The summed E-state index contributed by atoms with van der Waals surface area (Å²) in [5.41, 5.74) is 5.00. The zero-order chi connectivity index (χ0) is 10.3. The van der Waals surface area contributed by atoms with Crippen molar-refractivity contribution in [2.45, 2.75) is 32.2 Å². The molecule has 0 aliphatic heterocycles. The number of carbonyl (C=O) groups is 2. The number of hydrogen-bond acceptors (Lipinski definition) is 3. The molecule has 0 spiro atoms. The SMILES string of the molecule is CC(NCCCCC(=O)O)C(N)=O. The molecule has 1 amide bonds. The van der Waals surface area contributed by atoms with E-state index in [4.69, 9.17) is 10.8 Å². The quantitative estimate of drug-likeness (QED) is 0.478. The Morgan fingerprint density at radius 3 is 2.54 bits per heavy atom. The first-order chi connectivity index (χ1) is 6.04. The van der Waals surface area contributed by atoms with Crippen molar-refractivity contribution in [2.75, 3.05) is 6.54 Å². The van der Waals surface area contributed by atoms with Crippen molar-refractivity contribution >= 4 is 11.9 Å². The van der Waals surface area contributed by atoms with Crippen LogP contribution in [0.4, 0.5) is 0 Å². The molecule has 1 unspecified atom stereocenters. The van der Waals surface area contributed by atoms with Crippen molar-refractivity contribution in [3.8, 4) is 0 Å². The van der Waals surface area contributed by atoms with Crippen LogP contribution in [-0.4, -0.2) is 29.6 Å². The average Bonchev–Trinajstić information content (AvgIpc) is 2.02. The smallest absolute Gasteiger partial charge is 0.303 e. The maximum absolute atomic E-state index is 10.5. The number of nitrogens with one attached hydrogen (secondary N) is 1. The van der Waals surface area contributed by atoms with E-state index in [0.29, 0.717) is 13.0 Å². The van der Waals surface area contributed by atoms with Crippen LogP contribution in [0.2, 0.25) is 0 Å². The van der Waals surface area contributed by atoms with E-state index in [-0.39, 0.29) is 12.5 Å². The Morgan fingerprint density at radius 1 is 1.46 bits per heavy atom. The fourth-order valence-electron chi connectivity index (χ4n) is 0.820. The normalized spacial score (nSPS) is 12.4. The minimum absolute atomic E-state index is 0.173. The van der Waals surface area contributed by atoms with Crippen molar-refractivity contribution < 1.29 is 14.7 Å². The van der Waals surface area contributed by atoms with E-state index in [2.05, 4.69) is 5.32 Å². The summed E-state index contributed by atoms with van der Waals surface area (Å²) in [5, 5.41) is 11.2. The van der Waals surface area contributed by atoms with Gasteiger partial charge in [0.25, 0.3) is 0 Å². The summed E-state index contributed by atoms with van der Waals surface area (Å²) >= 11 is 0. The minimum Gasteiger partial charge on any atom is -0.481 e. The van der Waals surface area contributed by atoms with Crippen molar-refractivity contribution in [2.24, 2.45) is 5.73 Å². The number of carboxylic acids is 1. The maximum Gasteiger partial charge on any atom is 0.303 e. The lowest BCUT2D eigenvalue weighted by Crippen LogP contribution is -2.39. The number of amides is 1. The van der Waals surface area contributed by atoms with E-state index in [1.54, 1.807) is 6.92 Å². The number of carboxylic acid groups (broad SMARTS) is 1.